The minimum Gasteiger partial charge on any atom is -0.487 e. The summed E-state index contributed by atoms with van der Waals surface area (Å²) in [5.74, 6) is -0.893. The Morgan fingerprint density at radius 2 is 2.10 bits per heavy atom. The molecule has 2 aliphatic heterocycles. The molecule has 5 nitrogen and oxygen atoms in total. The number of anilines is 1. The van der Waals surface area contributed by atoms with Crippen LogP contribution in [0.5, 0.6) is 5.75 Å². The molecule has 154 valence electrons. The first-order valence-electron chi connectivity index (χ1n) is 9.96. The van der Waals surface area contributed by atoms with E-state index in [2.05, 4.69) is 11.9 Å². The number of aliphatic imine (C=N–C) groups is 1. The third kappa shape index (κ3) is 3.71. The van der Waals surface area contributed by atoms with Gasteiger partial charge in [-0.15, -0.1) is 0 Å². The summed E-state index contributed by atoms with van der Waals surface area (Å²) in [5.41, 5.74) is 7.92. The Labute approximate surface area is 169 Å². The number of nitrogens with zero attached hydrogens (tertiary/aromatic N) is 2. The maximum atomic E-state index is 14.1. The summed E-state index contributed by atoms with van der Waals surface area (Å²) in [6, 6.07) is 2.39. The number of rotatable bonds is 4. The molecule has 3 unspecified atom stereocenters. The van der Waals surface area contributed by atoms with Gasteiger partial charge in [0.2, 0.25) is 0 Å². The summed E-state index contributed by atoms with van der Waals surface area (Å²) in [6.45, 7) is 4.53. The molecule has 0 amide bonds. The maximum absolute atomic E-state index is 14.1. The van der Waals surface area contributed by atoms with Crippen LogP contribution >= 0.6 is 0 Å². The van der Waals surface area contributed by atoms with Crippen LogP contribution in [0.15, 0.2) is 23.3 Å². The van der Waals surface area contributed by atoms with E-state index in [0.717, 1.165) is 48.8 Å². The fourth-order valence-corrected chi connectivity index (χ4v) is 4.09. The number of fused-ring (bicyclic) bond motifs is 1. The van der Waals surface area contributed by atoms with E-state index in [4.69, 9.17) is 20.2 Å². The number of benzene rings is 1. The highest BCUT2D eigenvalue weighted by molar-refractivity contribution is 5.86. The van der Waals surface area contributed by atoms with E-state index in [1.54, 1.807) is 6.20 Å². The SMILES string of the molecule is Cc1c(OCc2c(F)ccc(N)c2F)cnc2c1C=NC(C1CCCCO1)C2C. The number of hydrogen-bond donors (Lipinski definition) is 1. The van der Waals surface area contributed by atoms with Crippen molar-refractivity contribution >= 4 is 11.9 Å². The average molecular weight is 401 g/mol. The third-order valence-corrected chi connectivity index (χ3v) is 5.87. The zero-order valence-electron chi connectivity index (χ0n) is 16.6. The van der Waals surface area contributed by atoms with Crippen molar-refractivity contribution in [2.24, 2.45) is 4.99 Å². The highest BCUT2D eigenvalue weighted by Crippen LogP contribution is 2.36. The second-order valence-electron chi connectivity index (χ2n) is 7.73. The average Bonchev–Trinajstić information content (AvgIpc) is 2.73. The second kappa shape index (κ2) is 8.06. The zero-order chi connectivity index (χ0) is 20.5. The molecule has 1 aromatic carbocycles. The van der Waals surface area contributed by atoms with E-state index in [0.29, 0.717) is 5.75 Å². The number of nitrogen functional groups attached to an aromatic ring is 1. The van der Waals surface area contributed by atoms with E-state index < -0.39 is 11.6 Å². The van der Waals surface area contributed by atoms with Crippen LogP contribution in [0.25, 0.3) is 0 Å². The van der Waals surface area contributed by atoms with Crippen molar-refractivity contribution in [2.45, 2.75) is 57.8 Å². The topological polar surface area (TPSA) is 69.7 Å². The first-order valence-corrected chi connectivity index (χ1v) is 9.96. The standard InChI is InChI=1S/C22H25F2N3O2/c1-12-14-9-26-22(18-5-3-4-8-28-18)13(2)21(14)27-10-19(12)29-11-15-16(23)6-7-17(25)20(15)24/h6-7,9-10,13,18,22H,3-5,8,11,25H2,1-2H3. The molecule has 2 N–H and O–H groups in total. The van der Waals surface area contributed by atoms with Gasteiger partial charge in [0.25, 0.3) is 0 Å². The summed E-state index contributed by atoms with van der Waals surface area (Å²) in [6.07, 6.45) is 6.84. The Morgan fingerprint density at radius 1 is 1.28 bits per heavy atom. The van der Waals surface area contributed by atoms with Gasteiger partial charge in [-0.05, 0) is 38.3 Å². The molecule has 29 heavy (non-hydrogen) atoms. The van der Waals surface area contributed by atoms with Gasteiger partial charge < -0.3 is 15.2 Å². The van der Waals surface area contributed by atoms with Crippen LogP contribution in [-0.2, 0) is 11.3 Å². The Balaban J connectivity index is 1.55. The second-order valence-corrected chi connectivity index (χ2v) is 7.73. The van der Waals surface area contributed by atoms with Gasteiger partial charge in [0, 0.05) is 29.9 Å². The van der Waals surface area contributed by atoms with Crippen molar-refractivity contribution in [2.75, 3.05) is 12.3 Å². The van der Waals surface area contributed by atoms with E-state index in [-0.39, 0.29) is 35.9 Å². The first kappa shape index (κ1) is 19.8. The fraction of sp³-hybridized carbons (Fsp3) is 0.455. The number of ether oxygens (including phenoxy) is 2. The van der Waals surface area contributed by atoms with Crippen molar-refractivity contribution in [1.29, 1.82) is 0 Å². The summed E-state index contributed by atoms with van der Waals surface area (Å²) < 4.78 is 39.7. The van der Waals surface area contributed by atoms with Crippen molar-refractivity contribution in [3.63, 3.8) is 0 Å². The van der Waals surface area contributed by atoms with E-state index in [1.165, 1.54) is 6.07 Å². The van der Waals surface area contributed by atoms with Crippen LogP contribution in [0, 0.1) is 18.6 Å². The zero-order valence-corrected chi connectivity index (χ0v) is 16.6. The maximum Gasteiger partial charge on any atom is 0.155 e. The molecule has 1 saturated heterocycles. The van der Waals surface area contributed by atoms with Crippen LogP contribution in [0.4, 0.5) is 14.5 Å². The predicted molar refractivity (Wildman–Crippen MR) is 107 cm³/mol. The molecule has 7 heteroatoms. The third-order valence-electron chi connectivity index (χ3n) is 5.87. The van der Waals surface area contributed by atoms with Gasteiger partial charge >= 0.3 is 0 Å². The van der Waals surface area contributed by atoms with E-state index in [1.807, 2.05) is 13.1 Å². The Morgan fingerprint density at radius 3 is 2.86 bits per heavy atom. The molecule has 3 heterocycles. The molecule has 0 saturated carbocycles. The lowest BCUT2D eigenvalue weighted by Crippen LogP contribution is -2.37. The number of hydrogen-bond acceptors (Lipinski definition) is 5. The summed E-state index contributed by atoms with van der Waals surface area (Å²) in [7, 11) is 0. The molecular formula is C22H25F2N3O2. The Hall–Kier alpha value is -2.54. The van der Waals surface area contributed by atoms with Gasteiger partial charge in [-0.25, -0.2) is 8.78 Å². The van der Waals surface area contributed by atoms with Crippen molar-refractivity contribution < 1.29 is 18.3 Å². The molecule has 0 spiro atoms. The monoisotopic (exact) mass is 401 g/mol. The molecule has 1 fully saturated rings. The van der Waals surface area contributed by atoms with Crippen molar-refractivity contribution in [1.82, 2.24) is 4.98 Å². The molecule has 2 aromatic rings. The molecule has 0 aliphatic carbocycles. The van der Waals surface area contributed by atoms with Crippen LogP contribution in [-0.4, -0.2) is 30.0 Å². The normalized spacial score (nSPS) is 23.7. The fourth-order valence-electron chi connectivity index (χ4n) is 4.09. The number of pyridine rings is 1. The largest absolute Gasteiger partial charge is 0.487 e. The number of aromatic nitrogens is 1. The number of nitrogens with two attached hydrogens (primary N) is 1. The molecule has 0 radical (unpaired) electrons. The van der Waals surface area contributed by atoms with Crippen LogP contribution in [0.1, 0.15) is 54.5 Å². The van der Waals surface area contributed by atoms with Crippen LogP contribution in [0.3, 0.4) is 0 Å². The van der Waals surface area contributed by atoms with Crippen molar-refractivity contribution in [3.05, 3.63) is 52.3 Å². The van der Waals surface area contributed by atoms with Crippen LogP contribution < -0.4 is 10.5 Å². The van der Waals surface area contributed by atoms with Crippen molar-refractivity contribution in [3.8, 4) is 5.75 Å². The van der Waals surface area contributed by atoms with Gasteiger partial charge in [0.15, 0.2) is 5.82 Å². The quantitative estimate of drug-likeness (QED) is 0.776. The molecule has 4 rings (SSSR count). The Kier molecular flexibility index (Phi) is 5.50. The minimum atomic E-state index is -0.793. The minimum absolute atomic E-state index is 0.0527. The smallest absolute Gasteiger partial charge is 0.155 e. The summed E-state index contributed by atoms with van der Waals surface area (Å²) in [5, 5.41) is 0. The molecular weight excluding hydrogens is 376 g/mol. The first-order chi connectivity index (χ1) is 14.0. The lowest BCUT2D eigenvalue weighted by molar-refractivity contribution is -0.00366. The van der Waals surface area contributed by atoms with E-state index in [9.17, 15) is 8.78 Å². The van der Waals surface area contributed by atoms with Gasteiger partial charge in [-0.1, -0.05) is 6.92 Å². The van der Waals surface area contributed by atoms with Crippen LogP contribution in [0.2, 0.25) is 0 Å². The molecule has 1 aromatic heterocycles. The molecule has 3 atom stereocenters. The van der Waals surface area contributed by atoms with Gasteiger partial charge in [0.1, 0.15) is 18.2 Å². The van der Waals surface area contributed by atoms with E-state index >= 15 is 0 Å². The highest BCUT2D eigenvalue weighted by Gasteiger charge is 2.34. The van der Waals surface area contributed by atoms with Gasteiger partial charge in [-0.3, -0.25) is 9.98 Å². The lowest BCUT2D eigenvalue weighted by Gasteiger charge is -2.34. The lowest BCUT2D eigenvalue weighted by atomic mass is 9.85. The summed E-state index contributed by atoms with van der Waals surface area (Å²) >= 11 is 0. The molecule has 2 aliphatic rings. The number of halogens is 2. The molecule has 0 bridgehead atoms. The predicted octanol–water partition coefficient (Wildman–Crippen LogP) is 4.30. The van der Waals surface area contributed by atoms with Gasteiger partial charge in [0.05, 0.1) is 35.3 Å². The Bertz CT molecular complexity index is 942. The van der Waals surface area contributed by atoms with Gasteiger partial charge in [-0.2, -0.15) is 0 Å². The summed E-state index contributed by atoms with van der Waals surface area (Å²) in [4.78, 5) is 9.35. The highest BCUT2D eigenvalue weighted by atomic mass is 19.1.